The van der Waals surface area contributed by atoms with Crippen LogP contribution in [-0.4, -0.2) is 9.97 Å². The Balaban J connectivity index is 2.50. The standard InChI is InChI=1S/C9H8F3N2O/c10-9(11,12)8-13-6-4-2-1-3-5(6)7(15)14-8/h1-4H2. The quantitative estimate of drug-likeness (QED) is 0.670. The molecule has 0 fully saturated rings. The van der Waals surface area contributed by atoms with Gasteiger partial charge in [0.05, 0.1) is 5.69 Å². The molecule has 0 saturated heterocycles. The summed E-state index contributed by atoms with van der Waals surface area (Å²) in [5.41, 5.74) is 0.628. The van der Waals surface area contributed by atoms with Gasteiger partial charge in [0.2, 0.25) is 5.82 Å². The first kappa shape index (κ1) is 10.2. The van der Waals surface area contributed by atoms with Gasteiger partial charge in [-0.1, -0.05) is 0 Å². The number of rotatable bonds is 0. The Labute approximate surface area is 84.0 Å². The molecule has 0 aliphatic heterocycles. The van der Waals surface area contributed by atoms with E-state index in [9.17, 15) is 18.3 Å². The molecule has 0 amide bonds. The second-order valence-corrected chi connectivity index (χ2v) is 3.48. The minimum absolute atomic E-state index is 0.272. The molecule has 0 N–H and O–H groups in total. The third-order valence-electron chi connectivity index (χ3n) is 2.40. The zero-order valence-electron chi connectivity index (χ0n) is 7.76. The summed E-state index contributed by atoms with van der Waals surface area (Å²) >= 11 is 0. The molecule has 1 heterocycles. The molecule has 6 heteroatoms. The van der Waals surface area contributed by atoms with E-state index < -0.39 is 17.9 Å². The molecule has 0 bridgehead atoms. The molecule has 3 nitrogen and oxygen atoms in total. The monoisotopic (exact) mass is 217 g/mol. The van der Waals surface area contributed by atoms with Gasteiger partial charge in [-0.05, 0) is 25.7 Å². The summed E-state index contributed by atoms with van der Waals surface area (Å²) in [6.07, 6.45) is -2.11. The number of halogens is 3. The first-order valence-electron chi connectivity index (χ1n) is 4.62. The molecule has 0 unspecified atom stereocenters. The Morgan fingerprint density at radius 2 is 1.73 bits per heavy atom. The highest BCUT2D eigenvalue weighted by molar-refractivity contribution is 5.32. The predicted molar refractivity (Wildman–Crippen MR) is 43.8 cm³/mol. The maximum absolute atomic E-state index is 12.3. The fourth-order valence-corrected chi connectivity index (χ4v) is 1.69. The van der Waals surface area contributed by atoms with Crippen LogP contribution in [0.15, 0.2) is 0 Å². The Hall–Kier alpha value is -1.33. The van der Waals surface area contributed by atoms with Gasteiger partial charge in [-0.15, -0.1) is 0 Å². The molecule has 1 aromatic heterocycles. The average molecular weight is 217 g/mol. The maximum Gasteiger partial charge on any atom is 0.451 e. The van der Waals surface area contributed by atoms with Crippen LogP contribution in [-0.2, 0) is 24.1 Å². The van der Waals surface area contributed by atoms with Crippen LogP contribution >= 0.6 is 0 Å². The lowest BCUT2D eigenvalue weighted by molar-refractivity contribution is -0.145. The molecule has 2 rings (SSSR count). The van der Waals surface area contributed by atoms with Gasteiger partial charge in [0.15, 0.2) is 0 Å². The second-order valence-electron chi connectivity index (χ2n) is 3.48. The van der Waals surface area contributed by atoms with Crippen LogP contribution in [0.4, 0.5) is 13.2 Å². The Bertz CT molecular complexity index is 390. The van der Waals surface area contributed by atoms with Gasteiger partial charge >= 0.3 is 6.18 Å². The minimum atomic E-state index is -4.63. The van der Waals surface area contributed by atoms with Gasteiger partial charge in [0.25, 0.3) is 5.88 Å². The minimum Gasteiger partial charge on any atom is -0.267 e. The highest BCUT2D eigenvalue weighted by Crippen LogP contribution is 2.32. The van der Waals surface area contributed by atoms with E-state index in [2.05, 4.69) is 9.97 Å². The zero-order chi connectivity index (χ0) is 11.1. The summed E-state index contributed by atoms with van der Waals surface area (Å²) in [6.45, 7) is 0. The molecule has 0 atom stereocenters. The van der Waals surface area contributed by atoms with Gasteiger partial charge in [0, 0.05) is 5.56 Å². The van der Waals surface area contributed by atoms with E-state index in [1.54, 1.807) is 0 Å². The number of fused-ring (bicyclic) bond motifs is 1. The van der Waals surface area contributed by atoms with Crippen LogP contribution < -0.4 is 0 Å². The summed E-state index contributed by atoms with van der Waals surface area (Å²) in [5, 5.41) is 11.3. The van der Waals surface area contributed by atoms with Crippen molar-refractivity contribution < 1.29 is 18.3 Å². The molecule has 81 valence electrons. The van der Waals surface area contributed by atoms with E-state index in [0.29, 0.717) is 18.4 Å². The molecule has 1 radical (unpaired) electrons. The van der Waals surface area contributed by atoms with Crippen molar-refractivity contribution in [2.75, 3.05) is 0 Å². The van der Waals surface area contributed by atoms with Crippen molar-refractivity contribution in [3.63, 3.8) is 0 Å². The van der Waals surface area contributed by atoms with Crippen LogP contribution in [0.5, 0.6) is 5.88 Å². The third-order valence-corrected chi connectivity index (χ3v) is 2.40. The fourth-order valence-electron chi connectivity index (χ4n) is 1.69. The van der Waals surface area contributed by atoms with Gasteiger partial charge in [-0.25, -0.2) is 4.98 Å². The summed E-state index contributed by atoms with van der Waals surface area (Å²) < 4.78 is 36.8. The Kier molecular flexibility index (Phi) is 2.28. The summed E-state index contributed by atoms with van der Waals surface area (Å²) in [5.74, 6) is -2.08. The van der Waals surface area contributed by atoms with Crippen molar-refractivity contribution in [2.24, 2.45) is 0 Å². The largest absolute Gasteiger partial charge is 0.451 e. The molecule has 15 heavy (non-hydrogen) atoms. The number of nitrogens with zero attached hydrogens (tertiary/aromatic N) is 2. The molecular formula is C9H8F3N2O. The van der Waals surface area contributed by atoms with E-state index in [-0.39, 0.29) is 5.69 Å². The van der Waals surface area contributed by atoms with Crippen LogP contribution in [0.25, 0.3) is 0 Å². The van der Waals surface area contributed by atoms with Crippen LogP contribution in [0.3, 0.4) is 0 Å². The number of aromatic nitrogens is 2. The summed E-state index contributed by atoms with van der Waals surface area (Å²) in [6, 6.07) is 0. The lowest BCUT2D eigenvalue weighted by atomic mass is 9.97. The van der Waals surface area contributed by atoms with Gasteiger partial charge < -0.3 is 0 Å². The van der Waals surface area contributed by atoms with Crippen molar-refractivity contribution in [1.29, 1.82) is 0 Å². The SMILES string of the molecule is [O]c1nc(C(F)(F)F)nc2c1CCCC2. The number of aryl methyl sites for hydroxylation is 1. The lowest BCUT2D eigenvalue weighted by Crippen LogP contribution is -2.16. The normalized spacial score (nSPS) is 16.2. The highest BCUT2D eigenvalue weighted by Gasteiger charge is 2.36. The maximum atomic E-state index is 12.3. The Morgan fingerprint density at radius 1 is 1.07 bits per heavy atom. The summed E-state index contributed by atoms with van der Waals surface area (Å²) in [7, 11) is 0. The molecule has 1 aliphatic rings. The van der Waals surface area contributed by atoms with E-state index in [4.69, 9.17) is 0 Å². The lowest BCUT2D eigenvalue weighted by Gasteiger charge is -2.15. The van der Waals surface area contributed by atoms with E-state index >= 15 is 0 Å². The molecule has 0 spiro atoms. The number of hydrogen-bond acceptors (Lipinski definition) is 2. The predicted octanol–water partition coefficient (Wildman–Crippen LogP) is 2.52. The first-order chi connectivity index (χ1) is 6.98. The molecular weight excluding hydrogens is 209 g/mol. The second kappa shape index (κ2) is 3.36. The van der Waals surface area contributed by atoms with E-state index in [0.717, 1.165) is 12.8 Å². The highest BCUT2D eigenvalue weighted by atomic mass is 19.4. The van der Waals surface area contributed by atoms with Crippen LogP contribution in [0.1, 0.15) is 29.9 Å². The number of hydrogen-bond donors (Lipinski definition) is 0. The van der Waals surface area contributed by atoms with Crippen molar-refractivity contribution in [3.05, 3.63) is 17.1 Å². The first-order valence-corrected chi connectivity index (χ1v) is 4.62. The van der Waals surface area contributed by atoms with Crippen molar-refractivity contribution in [1.82, 2.24) is 9.97 Å². The van der Waals surface area contributed by atoms with E-state index in [1.165, 1.54) is 0 Å². The third kappa shape index (κ3) is 1.88. The number of alkyl halides is 3. The van der Waals surface area contributed by atoms with E-state index in [1.807, 2.05) is 0 Å². The van der Waals surface area contributed by atoms with Gasteiger partial charge in [0.1, 0.15) is 0 Å². The molecule has 0 aromatic carbocycles. The van der Waals surface area contributed by atoms with Gasteiger partial charge in [-0.2, -0.15) is 18.2 Å². The smallest absolute Gasteiger partial charge is 0.267 e. The molecule has 0 saturated carbocycles. The molecule has 1 aromatic rings. The Morgan fingerprint density at radius 3 is 2.40 bits per heavy atom. The van der Waals surface area contributed by atoms with Crippen LogP contribution in [0, 0.1) is 0 Å². The van der Waals surface area contributed by atoms with Crippen molar-refractivity contribution in [2.45, 2.75) is 31.9 Å². The fraction of sp³-hybridized carbons (Fsp3) is 0.556. The van der Waals surface area contributed by atoms with Crippen LogP contribution in [0.2, 0.25) is 0 Å². The van der Waals surface area contributed by atoms with Crippen molar-refractivity contribution >= 4 is 0 Å². The van der Waals surface area contributed by atoms with Gasteiger partial charge in [-0.3, -0.25) is 5.11 Å². The topological polar surface area (TPSA) is 45.7 Å². The average Bonchev–Trinajstić information content (AvgIpc) is 2.16. The summed E-state index contributed by atoms with van der Waals surface area (Å²) in [4.78, 5) is 6.38. The van der Waals surface area contributed by atoms with Crippen molar-refractivity contribution in [3.8, 4) is 5.88 Å². The molecule has 1 aliphatic carbocycles. The zero-order valence-corrected chi connectivity index (χ0v) is 7.76.